The summed E-state index contributed by atoms with van der Waals surface area (Å²) in [6, 6.07) is 16.7. The van der Waals surface area contributed by atoms with Crippen LogP contribution in [0.3, 0.4) is 0 Å². The van der Waals surface area contributed by atoms with E-state index in [0.717, 1.165) is 28.6 Å². The molecule has 0 spiro atoms. The minimum atomic E-state index is -4.33. The van der Waals surface area contributed by atoms with Gasteiger partial charge in [0.15, 0.2) is 0 Å². The van der Waals surface area contributed by atoms with E-state index in [1.54, 1.807) is 43.3 Å². The molecule has 42 heavy (non-hydrogen) atoms. The van der Waals surface area contributed by atoms with Gasteiger partial charge in [-0.2, -0.15) is 0 Å². The molecule has 0 aliphatic rings. The van der Waals surface area contributed by atoms with Crippen LogP contribution in [0.5, 0.6) is 11.5 Å². The number of ether oxygens (including phenoxy) is 2. The molecule has 0 fully saturated rings. The molecule has 9 nitrogen and oxygen atoms in total. The topological polar surface area (TPSA) is 105 Å². The third-order valence-electron chi connectivity index (χ3n) is 6.27. The zero-order chi connectivity index (χ0) is 31.1. The van der Waals surface area contributed by atoms with Crippen LogP contribution in [-0.2, 0) is 26.2 Å². The van der Waals surface area contributed by atoms with Crippen LogP contribution in [0, 0.1) is 5.82 Å². The van der Waals surface area contributed by atoms with Crippen molar-refractivity contribution in [2.24, 2.45) is 0 Å². The molecule has 0 saturated carbocycles. The fourth-order valence-electron chi connectivity index (χ4n) is 4.16. The number of methoxy groups -OCH3 is 1. The Morgan fingerprint density at radius 3 is 2.19 bits per heavy atom. The second kappa shape index (κ2) is 13.7. The van der Waals surface area contributed by atoms with Gasteiger partial charge in [0.1, 0.15) is 29.9 Å². The van der Waals surface area contributed by atoms with Gasteiger partial charge in [-0.15, -0.1) is 0 Å². The predicted molar refractivity (Wildman–Crippen MR) is 159 cm³/mol. The quantitative estimate of drug-likeness (QED) is 0.322. The van der Waals surface area contributed by atoms with Crippen LogP contribution in [0.4, 0.5) is 10.1 Å². The molecule has 0 heterocycles. The van der Waals surface area contributed by atoms with Gasteiger partial charge < -0.3 is 19.7 Å². The van der Waals surface area contributed by atoms with E-state index in [1.165, 1.54) is 24.1 Å². The van der Waals surface area contributed by atoms with Gasteiger partial charge in [0.25, 0.3) is 10.0 Å². The van der Waals surface area contributed by atoms with E-state index in [0.29, 0.717) is 23.7 Å². The number of benzene rings is 3. The van der Waals surface area contributed by atoms with E-state index in [1.807, 2.05) is 27.7 Å². The molecule has 0 aliphatic heterocycles. The minimum absolute atomic E-state index is 0.0163. The van der Waals surface area contributed by atoms with Crippen molar-refractivity contribution in [3.05, 3.63) is 84.2 Å². The molecule has 0 bridgehead atoms. The smallest absolute Gasteiger partial charge is 0.264 e. The first-order valence-corrected chi connectivity index (χ1v) is 14.9. The molecule has 0 unspecified atom stereocenters. The normalized spacial score (nSPS) is 12.3. The molecular formula is C31H38FN3O6S. The molecular weight excluding hydrogens is 561 g/mol. The van der Waals surface area contributed by atoms with Gasteiger partial charge in [-0.05, 0) is 101 Å². The Hall–Kier alpha value is -4.12. The lowest BCUT2D eigenvalue weighted by Crippen LogP contribution is -2.54. The van der Waals surface area contributed by atoms with Gasteiger partial charge in [-0.1, -0.05) is 12.1 Å². The molecule has 2 amide bonds. The predicted octanol–water partition coefficient (Wildman–Crippen LogP) is 4.76. The van der Waals surface area contributed by atoms with Crippen LogP contribution in [0.2, 0.25) is 0 Å². The van der Waals surface area contributed by atoms with E-state index in [4.69, 9.17) is 9.47 Å². The summed E-state index contributed by atoms with van der Waals surface area (Å²) in [5, 5.41) is 2.89. The van der Waals surface area contributed by atoms with Gasteiger partial charge in [0, 0.05) is 12.1 Å². The first-order chi connectivity index (χ1) is 19.7. The molecule has 0 saturated heterocycles. The number of carbonyl (C=O) groups excluding carboxylic acids is 2. The largest absolute Gasteiger partial charge is 0.497 e. The monoisotopic (exact) mass is 599 g/mol. The molecule has 0 aliphatic carbocycles. The third kappa shape index (κ3) is 8.45. The molecule has 226 valence electrons. The molecule has 0 aromatic heterocycles. The van der Waals surface area contributed by atoms with Gasteiger partial charge >= 0.3 is 0 Å². The number of anilines is 1. The SMILES string of the molecule is CCOc1ccc(N(CC(=O)N(Cc2cccc(OC)c2)[C@@H](C)C(=O)NC(C)(C)C)S(=O)(=O)c2ccc(F)cc2)cc1. The highest BCUT2D eigenvalue weighted by Gasteiger charge is 2.33. The fourth-order valence-corrected chi connectivity index (χ4v) is 5.58. The van der Waals surface area contributed by atoms with Crippen LogP contribution in [0.15, 0.2) is 77.7 Å². The Morgan fingerprint density at radius 1 is 0.976 bits per heavy atom. The van der Waals surface area contributed by atoms with Gasteiger partial charge in [-0.25, -0.2) is 12.8 Å². The van der Waals surface area contributed by atoms with Crippen molar-refractivity contribution in [3.63, 3.8) is 0 Å². The van der Waals surface area contributed by atoms with Crippen LogP contribution in [-0.4, -0.2) is 57.0 Å². The number of halogens is 1. The van der Waals surface area contributed by atoms with E-state index in [-0.39, 0.29) is 17.1 Å². The molecule has 1 N–H and O–H groups in total. The van der Waals surface area contributed by atoms with Crippen LogP contribution < -0.4 is 19.1 Å². The lowest BCUT2D eigenvalue weighted by Gasteiger charge is -2.33. The standard InChI is InChI=1S/C31H38FN3O6S/c1-7-41-26-15-13-25(14-16-26)35(42(38,39)28-17-11-24(32)12-18-28)21-29(36)34(22(2)30(37)33-31(3,4)5)20-23-9-8-10-27(19-23)40-6/h8-19,22H,7,20-21H2,1-6H3,(H,33,37)/t22-/m0/s1. The van der Waals surface area contributed by atoms with Crippen molar-refractivity contribution in [2.75, 3.05) is 24.6 Å². The second-order valence-corrected chi connectivity index (χ2v) is 12.5. The van der Waals surface area contributed by atoms with Gasteiger partial charge in [0.2, 0.25) is 11.8 Å². The maximum absolute atomic E-state index is 14.0. The highest BCUT2D eigenvalue weighted by atomic mass is 32.2. The zero-order valence-electron chi connectivity index (χ0n) is 24.8. The van der Waals surface area contributed by atoms with E-state index >= 15 is 0 Å². The fraction of sp³-hybridized carbons (Fsp3) is 0.355. The number of hydrogen-bond donors (Lipinski definition) is 1. The Morgan fingerprint density at radius 2 is 1.62 bits per heavy atom. The highest BCUT2D eigenvalue weighted by molar-refractivity contribution is 7.92. The lowest BCUT2D eigenvalue weighted by atomic mass is 10.1. The minimum Gasteiger partial charge on any atom is -0.497 e. The van der Waals surface area contributed by atoms with Gasteiger partial charge in [0.05, 0.1) is 24.3 Å². The molecule has 3 aromatic carbocycles. The highest BCUT2D eigenvalue weighted by Crippen LogP contribution is 2.27. The van der Waals surface area contributed by atoms with Crippen LogP contribution >= 0.6 is 0 Å². The van der Waals surface area contributed by atoms with Crippen LogP contribution in [0.1, 0.15) is 40.2 Å². The molecule has 0 radical (unpaired) electrons. The summed E-state index contributed by atoms with van der Waals surface area (Å²) in [5.41, 5.74) is 0.326. The van der Waals surface area contributed by atoms with Crippen molar-refractivity contribution in [1.82, 2.24) is 10.2 Å². The van der Waals surface area contributed by atoms with Crippen molar-refractivity contribution in [1.29, 1.82) is 0 Å². The summed E-state index contributed by atoms with van der Waals surface area (Å²) in [6.45, 7) is 8.72. The lowest BCUT2D eigenvalue weighted by molar-refractivity contribution is -0.140. The van der Waals surface area contributed by atoms with Crippen LogP contribution in [0.25, 0.3) is 0 Å². The van der Waals surface area contributed by atoms with Crippen molar-refractivity contribution < 1.29 is 31.9 Å². The number of nitrogens with one attached hydrogen (secondary N) is 1. The van der Waals surface area contributed by atoms with Crippen molar-refractivity contribution >= 4 is 27.5 Å². The van der Waals surface area contributed by atoms with Gasteiger partial charge in [-0.3, -0.25) is 13.9 Å². The maximum atomic E-state index is 14.0. The summed E-state index contributed by atoms with van der Waals surface area (Å²) in [7, 11) is -2.80. The van der Waals surface area contributed by atoms with E-state index < -0.39 is 45.8 Å². The summed E-state index contributed by atoms with van der Waals surface area (Å²) in [5.74, 6) is -0.511. The Kier molecular flexibility index (Phi) is 10.6. The molecule has 11 heteroatoms. The van der Waals surface area contributed by atoms with Crippen molar-refractivity contribution in [3.8, 4) is 11.5 Å². The Labute approximate surface area is 247 Å². The molecule has 1 atom stereocenters. The average molecular weight is 600 g/mol. The maximum Gasteiger partial charge on any atom is 0.264 e. The Bertz CT molecular complexity index is 1470. The number of carbonyl (C=O) groups is 2. The summed E-state index contributed by atoms with van der Waals surface area (Å²) >= 11 is 0. The summed E-state index contributed by atoms with van der Waals surface area (Å²) in [6.07, 6.45) is 0. The molecule has 3 rings (SSSR count). The van der Waals surface area contributed by atoms with E-state index in [2.05, 4.69) is 5.32 Å². The Balaban J connectivity index is 2.05. The number of hydrogen-bond acceptors (Lipinski definition) is 6. The average Bonchev–Trinajstić information content (AvgIpc) is 2.94. The summed E-state index contributed by atoms with van der Waals surface area (Å²) in [4.78, 5) is 28.4. The first kappa shape index (κ1) is 32.4. The number of nitrogens with zero attached hydrogens (tertiary/aromatic N) is 2. The van der Waals surface area contributed by atoms with E-state index in [9.17, 15) is 22.4 Å². The first-order valence-electron chi connectivity index (χ1n) is 13.5. The zero-order valence-corrected chi connectivity index (χ0v) is 25.6. The molecule has 3 aromatic rings. The summed E-state index contributed by atoms with van der Waals surface area (Å²) < 4.78 is 53.1. The third-order valence-corrected chi connectivity index (χ3v) is 8.06. The number of amides is 2. The van der Waals surface area contributed by atoms with Crippen molar-refractivity contribution in [2.45, 2.75) is 57.6 Å². The second-order valence-electron chi connectivity index (χ2n) is 10.7. The number of sulfonamides is 1. The number of rotatable bonds is 12.